The van der Waals surface area contributed by atoms with E-state index in [-0.39, 0.29) is 18.9 Å². The quantitative estimate of drug-likeness (QED) is 0.715. The fourth-order valence-corrected chi connectivity index (χ4v) is 6.16. The monoisotopic (exact) mass is 443 g/mol. The number of piperidine rings is 1. The first kappa shape index (κ1) is 23.0. The molecule has 0 aliphatic carbocycles. The van der Waals surface area contributed by atoms with Gasteiger partial charge in [-0.3, -0.25) is 9.59 Å². The van der Waals surface area contributed by atoms with Crippen molar-refractivity contribution < 1.29 is 18.0 Å². The van der Waals surface area contributed by atoms with Crippen molar-refractivity contribution in [2.45, 2.75) is 44.9 Å². The summed E-state index contributed by atoms with van der Waals surface area (Å²) in [7, 11) is -3.69. The third-order valence-corrected chi connectivity index (χ3v) is 7.73. The van der Waals surface area contributed by atoms with E-state index in [0.717, 1.165) is 22.3 Å². The van der Waals surface area contributed by atoms with Gasteiger partial charge in [-0.25, -0.2) is 8.42 Å². The molecule has 0 spiro atoms. The number of hydrogen-bond donors (Lipinski definition) is 2. The van der Waals surface area contributed by atoms with Gasteiger partial charge in [-0.05, 0) is 62.4 Å². The number of sulfonamides is 1. The summed E-state index contributed by atoms with van der Waals surface area (Å²) in [5.41, 5.74) is 9.03. The number of rotatable bonds is 6. The van der Waals surface area contributed by atoms with Gasteiger partial charge in [0, 0.05) is 18.8 Å². The van der Waals surface area contributed by atoms with Crippen molar-refractivity contribution in [1.29, 1.82) is 0 Å². The third kappa shape index (κ3) is 5.32. The highest BCUT2D eigenvalue weighted by atomic mass is 32.2. The van der Waals surface area contributed by atoms with Crippen LogP contribution in [-0.2, 0) is 26.0 Å². The summed E-state index contributed by atoms with van der Waals surface area (Å²) in [5, 5.41) is 2.86. The molecule has 0 bridgehead atoms. The molecule has 166 valence electrons. The summed E-state index contributed by atoms with van der Waals surface area (Å²) in [6, 6.07) is 10.6. The zero-order chi connectivity index (χ0) is 22.8. The molecule has 1 aliphatic heterocycles. The minimum Gasteiger partial charge on any atom is -0.369 e. The van der Waals surface area contributed by atoms with Crippen LogP contribution < -0.4 is 11.1 Å². The Bertz CT molecular complexity index is 1070. The molecule has 3 rings (SSSR count). The van der Waals surface area contributed by atoms with Crippen LogP contribution in [0.15, 0.2) is 41.3 Å². The third-order valence-electron chi connectivity index (χ3n) is 5.56. The van der Waals surface area contributed by atoms with E-state index >= 15 is 0 Å². The molecule has 8 heteroatoms. The average molecular weight is 444 g/mol. The van der Waals surface area contributed by atoms with Crippen molar-refractivity contribution in [2.24, 2.45) is 11.7 Å². The van der Waals surface area contributed by atoms with Crippen LogP contribution in [0, 0.1) is 26.7 Å². The largest absolute Gasteiger partial charge is 0.369 e. The van der Waals surface area contributed by atoms with Gasteiger partial charge in [0.1, 0.15) is 0 Å². The van der Waals surface area contributed by atoms with E-state index in [1.165, 1.54) is 4.31 Å². The second-order valence-electron chi connectivity index (χ2n) is 8.26. The number of benzene rings is 2. The predicted molar refractivity (Wildman–Crippen MR) is 120 cm³/mol. The first-order valence-corrected chi connectivity index (χ1v) is 11.8. The molecule has 1 atom stereocenters. The second kappa shape index (κ2) is 9.20. The van der Waals surface area contributed by atoms with Gasteiger partial charge < -0.3 is 11.1 Å². The number of primary amides is 1. The van der Waals surface area contributed by atoms with Crippen LogP contribution in [0.25, 0.3) is 0 Å². The van der Waals surface area contributed by atoms with Crippen LogP contribution in [-0.4, -0.2) is 37.6 Å². The van der Waals surface area contributed by atoms with E-state index in [1.54, 1.807) is 24.3 Å². The number of carbonyl (C=O) groups excluding carboxylic acids is 2. The minimum atomic E-state index is -3.69. The molecular formula is C23H29N3O4S. The number of nitrogens with zero attached hydrogens (tertiary/aromatic N) is 1. The predicted octanol–water partition coefficient (Wildman–Crippen LogP) is 2.68. The summed E-state index contributed by atoms with van der Waals surface area (Å²) in [6.45, 7) is 6.12. The number of amides is 2. The molecule has 1 saturated heterocycles. The summed E-state index contributed by atoms with van der Waals surface area (Å²) in [6.07, 6.45) is 1.39. The fraction of sp³-hybridized carbons (Fsp3) is 0.391. The first-order valence-electron chi connectivity index (χ1n) is 10.3. The van der Waals surface area contributed by atoms with Crippen LogP contribution in [0.3, 0.4) is 0 Å². The summed E-state index contributed by atoms with van der Waals surface area (Å²) >= 11 is 0. The van der Waals surface area contributed by atoms with Crippen molar-refractivity contribution in [3.05, 3.63) is 58.7 Å². The molecule has 3 N–H and O–H groups in total. The average Bonchev–Trinajstić information content (AvgIpc) is 2.68. The van der Waals surface area contributed by atoms with Crippen LogP contribution in [0.5, 0.6) is 0 Å². The zero-order valence-corrected chi connectivity index (χ0v) is 19.0. The Morgan fingerprint density at radius 1 is 1.10 bits per heavy atom. The molecule has 2 amide bonds. The lowest BCUT2D eigenvalue weighted by atomic mass is 9.98. The molecule has 0 unspecified atom stereocenters. The second-order valence-corrected chi connectivity index (χ2v) is 10.1. The normalized spacial score (nSPS) is 17.3. The maximum Gasteiger partial charge on any atom is 0.243 e. The molecule has 0 saturated carbocycles. The van der Waals surface area contributed by atoms with Gasteiger partial charge in [0.25, 0.3) is 0 Å². The van der Waals surface area contributed by atoms with E-state index in [4.69, 9.17) is 5.73 Å². The number of nitrogens with two attached hydrogens (primary N) is 1. The number of anilines is 1. The summed E-state index contributed by atoms with van der Waals surface area (Å²) in [4.78, 5) is 24.2. The highest BCUT2D eigenvalue weighted by Crippen LogP contribution is 2.29. The Morgan fingerprint density at radius 3 is 2.29 bits per heavy atom. The minimum absolute atomic E-state index is 0.140. The lowest BCUT2D eigenvalue weighted by Crippen LogP contribution is -2.44. The van der Waals surface area contributed by atoms with Crippen molar-refractivity contribution >= 4 is 27.5 Å². The molecule has 0 aromatic heterocycles. The highest BCUT2D eigenvalue weighted by molar-refractivity contribution is 7.89. The molecule has 1 heterocycles. The van der Waals surface area contributed by atoms with E-state index in [9.17, 15) is 18.0 Å². The number of aryl methyl sites for hydroxylation is 3. The Kier molecular flexibility index (Phi) is 6.81. The van der Waals surface area contributed by atoms with Gasteiger partial charge in [-0.2, -0.15) is 4.31 Å². The molecule has 7 nitrogen and oxygen atoms in total. The van der Waals surface area contributed by atoms with Gasteiger partial charge >= 0.3 is 0 Å². The molecular weight excluding hydrogens is 414 g/mol. The Balaban J connectivity index is 1.73. The van der Waals surface area contributed by atoms with Gasteiger partial charge in [0.2, 0.25) is 21.8 Å². The Morgan fingerprint density at radius 2 is 1.71 bits per heavy atom. The molecule has 1 fully saturated rings. The van der Waals surface area contributed by atoms with Gasteiger partial charge in [-0.1, -0.05) is 29.8 Å². The zero-order valence-electron chi connectivity index (χ0n) is 18.1. The van der Waals surface area contributed by atoms with Crippen LogP contribution in [0.4, 0.5) is 5.69 Å². The molecule has 1 aliphatic rings. The maximum atomic E-state index is 13.3. The SMILES string of the molecule is Cc1cc(C)c(S(=O)(=O)N2CCC[C@@H](C(=O)Nc3ccc(CC(N)=O)cc3)C2)c(C)c1. The van der Waals surface area contributed by atoms with Gasteiger partial charge in [0.05, 0.1) is 17.2 Å². The van der Waals surface area contributed by atoms with E-state index < -0.39 is 21.8 Å². The first-order chi connectivity index (χ1) is 14.6. The van der Waals surface area contributed by atoms with Crippen molar-refractivity contribution in [2.75, 3.05) is 18.4 Å². The van der Waals surface area contributed by atoms with Crippen LogP contribution in [0.1, 0.15) is 35.1 Å². The molecule has 0 radical (unpaired) electrons. The summed E-state index contributed by atoms with van der Waals surface area (Å²) in [5.74, 6) is -1.06. The van der Waals surface area contributed by atoms with Gasteiger partial charge in [-0.15, -0.1) is 0 Å². The fourth-order valence-electron chi connectivity index (χ4n) is 4.23. The van der Waals surface area contributed by atoms with Gasteiger partial charge in [0.15, 0.2) is 0 Å². The molecule has 2 aromatic rings. The highest BCUT2D eigenvalue weighted by Gasteiger charge is 2.34. The molecule has 2 aromatic carbocycles. The Labute approximate surface area is 183 Å². The number of hydrogen-bond acceptors (Lipinski definition) is 4. The summed E-state index contributed by atoms with van der Waals surface area (Å²) < 4.78 is 28.1. The maximum absolute atomic E-state index is 13.3. The smallest absolute Gasteiger partial charge is 0.243 e. The van der Waals surface area contributed by atoms with Crippen molar-refractivity contribution in [3.8, 4) is 0 Å². The Hall–Kier alpha value is -2.71. The topological polar surface area (TPSA) is 110 Å². The number of nitrogens with one attached hydrogen (secondary N) is 1. The standard InChI is InChI=1S/C23H29N3O4S/c1-15-11-16(2)22(17(3)12-15)31(29,30)26-10-4-5-19(14-26)23(28)25-20-8-6-18(7-9-20)13-21(24)27/h6-9,11-12,19H,4-5,10,13-14H2,1-3H3,(H2,24,27)(H,25,28)/t19-/m1/s1. The van der Waals surface area contributed by atoms with Crippen molar-refractivity contribution in [1.82, 2.24) is 4.31 Å². The van der Waals surface area contributed by atoms with Crippen LogP contribution >= 0.6 is 0 Å². The lowest BCUT2D eigenvalue weighted by Gasteiger charge is -2.32. The number of carbonyl (C=O) groups is 2. The van der Waals surface area contributed by atoms with Crippen molar-refractivity contribution in [3.63, 3.8) is 0 Å². The molecule has 31 heavy (non-hydrogen) atoms. The lowest BCUT2D eigenvalue weighted by molar-refractivity contribution is -0.121. The van der Waals surface area contributed by atoms with Crippen LogP contribution in [0.2, 0.25) is 0 Å². The van der Waals surface area contributed by atoms with E-state index in [1.807, 2.05) is 32.9 Å². The van der Waals surface area contributed by atoms with E-state index in [0.29, 0.717) is 30.0 Å². The van der Waals surface area contributed by atoms with E-state index in [2.05, 4.69) is 5.32 Å².